The number of ether oxygens (including phenoxy) is 2. The number of hydrogen-bond donors (Lipinski definition) is 1. The van der Waals surface area contributed by atoms with Crippen LogP contribution in [0.1, 0.15) is 25.8 Å². The molecule has 0 spiro atoms. The van der Waals surface area contributed by atoms with Gasteiger partial charge in [-0.1, -0.05) is 31.2 Å². The van der Waals surface area contributed by atoms with E-state index in [0.717, 1.165) is 25.3 Å². The minimum absolute atomic E-state index is 0.287. The summed E-state index contributed by atoms with van der Waals surface area (Å²) >= 11 is 5.70. The maximum atomic E-state index is 5.70. The molecule has 0 atom stereocenters. The molecule has 0 bridgehead atoms. The number of hydrogen-bond acceptors (Lipinski definition) is 3. The van der Waals surface area contributed by atoms with Crippen LogP contribution in [0.5, 0.6) is 11.5 Å². The molecule has 0 aliphatic heterocycles. The quantitative estimate of drug-likeness (QED) is 0.701. The Morgan fingerprint density at radius 1 is 1.26 bits per heavy atom. The second kappa shape index (κ2) is 8.83. The molecule has 0 fully saturated rings. The summed E-state index contributed by atoms with van der Waals surface area (Å²) in [6, 6.07) is 5.93. The van der Waals surface area contributed by atoms with Crippen LogP contribution < -0.4 is 14.8 Å². The van der Waals surface area contributed by atoms with Crippen molar-refractivity contribution in [1.82, 2.24) is 5.32 Å². The monoisotopic (exact) mass is 283 g/mol. The summed E-state index contributed by atoms with van der Waals surface area (Å²) in [6.45, 7) is 10.4. The molecule has 3 nitrogen and oxygen atoms in total. The number of nitrogens with one attached hydrogen (secondary N) is 1. The molecular weight excluding hydrogens is 262 g/mol. The predicted octanol–water partition coefficient (Wildman–Crippen LogP) is 3.72. The van der Waals surface area contributed by atoms with Gasteiger partial charge in [-0.25, -0.2) is 0 Å². The maximum absolute atomic E-state index is 5.70. The van der Waals surface area contributed by atoms with Crippen molar-refractivity contribution in [2.75, 3.05) is 19.8 Å². The van der Waals surface area contributed by atoms with Crippen LogP contribution >= 0.6 is 11.6 Å². The molecule has 0 aliphatic carbocycles. The molecule has 19 heavy (non-hydrogen) atoms. The summed E-state index contributed by atoms with van der Waals surface area (Å²) in [5.74, 6) is 1.44. The van der Waals surface area contributed by atoms with Gasteiger partial charge in [0.05, 0.1) is 6.61 Å². The summed E-state index contributed by atoms with van der Waals surface area (Å²) in [5, 5.41) is 3.83. The van der Waals surface area contributed by atoms with Crippen molar-refractivity contribution in [2.24, 2.45) is 0 Å². The van der Waals surface area contributed by atoms with Gasteiger partial charge in [-0.3, -0.25) is 0 Å². The molecule has 0 saturated carbocycles. The molecule has 1 N–H and O–H groups in total. The number of benzene rings is 1. The van der Waals surface area contributed by atoms with Gasteiger partial charge in [0.25, 0.3) is 0 Å². The predicted molar refractivity (Wildman–Crippen MR) is 80.1 cm³/mol. The largest absolute Gasteiger partial charge is 0.490 e. The van der Waals surface area contributed by atoms with Crippen LogP contribution in [0.4, 0.5) is 0 Å². The van der Waals surface area contributed by atoms with Crippen molar-refractivity contribution in [3.8, 4) is 11.5 Å². The van der Waals surface area contributed by atoms with Crippen LogP contribution in [-0.4, -0.2) is 19.8 Å². The van der Waals surface area contributed by atoms with E-state index in [1.165, 1.54) is 5.56 Å². The standard InChI is InChI=1S/C15H22ClNO2/c1-4-8-17-10-13-6-7-14(19-11-12(3)16)15(9-13)18-5-2/h6-7,9,17H,3-5,8,10-11H2,1-2H3. The Morgan fingerprint density at radius 3 is 2.68 bits per heavy atom. The van der Waals surface area contributed by atoms with Crippen molar-refractivity contribution in [3.63, 3.8) is 0 Å². The van der Waals surface area contributed by atoms with E-state index in [4.69, 9.17) is 21.1 Å². The lowest BCUT2D eigenvalue weighted by atomic mass is 10.2. The van der Waals surface area contributed by atoms with Gasteiger partial charge >= 0.3 is 0 Å². The molecule has 1 aromatic carbocycles. The van der Waals surface area contributed by atoms with Crippen LogP contribution in [0.3, 0.4) is 0 Å². The van der Waals surface area contributed by atoms with Gasteiger partial charge in [0, 0.05) is 11.6 Å². The highest BCUT2D eigenvalue weighted by Gasteiger charge is 2.06. The van der Waals surface area contributed by atoms with Crippen LogP contribution in [0, 0.1) is 0 Å². The lowest BCUT2D eigenvalue weighted by Gasteiger charge is -2.13. The lowest BCUT2D eigenvalue weighted by Crippen LogP contribution is -2.13. The van der Waals surface area contributed by atoms with Gasteiger partial charge in [-0.2, -0.15) is 0 Å². The molecule has 0 amide bonds. The Bertz CT molecular complexity index is 407. The fourth-order valence-electron chi connectivity index (χ4n) is 1.62. The van der Waals surface area contributed by atoms with Gasteiger partial charge < -0.3 is 14.8 Å². The van der Waals surface area contributed by atoms with Crippen LogP contribution in [-0.2, 0) is 6.54 Å². The molecule has 0 aliphatic rings. The van der Waals surface area contributed by atoms with E-state index in [2.05, 4.69) is 18.8 Å². The van der Waals surface area contributed by atoms with E-state index in [1.807, 2.05) is 25.1 Å². The second-order valence-electron chi connectivity index (χ2n) is 4.20. The average molecular weight is 284 g/mol. The fraction of sp³-hybridized carbons (Fsp3) is 0.467. The Morgan fingerprint density at radius 2 is 2.05 bits per heavy atom. The third kappa shape index (κ3) is 5.99. The molecule has 0 heterocycles. The lowest BCUT2D eigenvalue weighted by molar-refractivity contribution is 0.295. The molecule has 0 aromatic heterocycles. The van der Waals surface area contributed by atoms with E-state index in [9.17, 15) is 0 Å². The Balaban J connectivity index is 2.72. The SMILES string of the molecule is C=C(Cl)COc1ccc(CNCCC)cc1OCC. The molecule has 0 saturated heterocycles. The fourth-order valence-corrected chi connectivity index (χ4v) is 1.67. The van der Waals surface area contributed by atoms with Gasteiger partial charge in [0.2, 0.25) is 0 Å². The first-order valence-corrected chi connectivity index (χ1v) is 6.97. The van der Waals surface area contributed by atoms with E-state index in [-0.39, 0.29) is 6.61 Å². The topological polar surface area (TPSA) is 30.5 Å². The molecule has 4 heteroatoms. The Labute approximate surface area is 120 Å². The summed E-state index contributed by atoms with van der Waals surface area (Å²) in [4.78, 5) is 0. The zero-order chi connectivity index (χ0) is 14.1. The van der Waals surface area contributed by atoms with E-state index in [1.54, 1.807) is 0 Å². The average Bonchev–Trinajstić information content (AvgIpc) is 2.38. The first-order valence-electron chi connectivity index (χ1n) is 6.59. The Hall–Kier alpha value is -1.19. The van der Waals surface area contributed by atoms with E-state index in [0.29, 0.717) is 17.4 Å². The van der Waals surface area contributed by atoms with Gasteiger partial charge in [-0.05, 0) is 37.6 Å². The smallest absolute Gasteiger partial charge is 0.161 e. The minimum atomic E-state index is 0.287. The molecule has 0 unspecified atom stereocenters. The van der Waals surface area contributed by atoms with Crippen LogP contribution in [0.25, 0.3) is 0 Å². The van der Waals surface area contributed by atoms with Gasteiger partial charge in [-0.15, -0.1) is 0 Å². The zero-order valence-electron chi connectivity index (χ0n) is 11.7. The van der Waals surface area contributed by atoms with Gasteiger partial charge in [0.15, 0.2) is 11.5 Å². The molecule has 1 aromatic rings. The molecular formula is C15H22ClNO2. The number of rotatable bonds is 9. The Kier molecular flexibility index (Phi) is 7.38. The summed E-state index contributed by atoms with van der Waals surface area (Å²) < 4.78 is 11.1. The van der Waals surface area contributed by atoms with Crippen molar-refractivity contribution in [3.05, 3.63) is 35.4 Å². The van der Waals surface area contributed by atoms with E-state index < -0.39 is 0 Å². The minimum Gasteiger partial charge on any atom is -0.490 e. The maximum Gasteiger partial charge on any atom is 0.161 e. The van der Waals surface area contributed by atoms with Gasteiger partial charge in [0.1, 0.15) is 6.61 Å². The first kappa shape index (κ1) is 15.9. The van der Waals surface area contributed by atoms with Crippen LogP contribution in [0.2, 0.25) is 0 Å². The zero-order valence-corrected chi connectivity index (χ0v) is 12.4. The summed E-state index contributed by atoms with van der Waals surface area (Å²) in [7, 11) is 0. The first-order chi connectivity index (χ1) is 9.17. The third-order valence-electron chi connectivity index (χ3n) is 2.45. The van der Waals surface area contributed by atoms with Crippen LogP contribution in [0.15, 0.2) is 29.8 Å². The molecule has 0 radical (unpaired) electrons. The second-order valence-corrected chi connectivity index (χ2v) is 4.73. The van der Waals surface area contributed by atoms with Crippen molar-refractivity contribution < 1.29 is 9.47 Å². The summed E-state index contributed by atoms with van der Waals surface area (Å²) in [5.41, 5.74) is 1.17. The molecule has 106 valence electrons. The highest BCUT2D eigenvalue weighted by atomic mass is 35.5. The number of halogens is 1. The third-order valence-corrected chi connectivity index (χ3v) is 2.56. The van der Waals surface area contributed by atoms with Crippen molar-refractivity contribution in [2.45, 2.75) is 26.8 Å². The molecule has 1 rings (SSSR count). The normalized spacial score (nSPS) is 10.3. The van der Waals surface area contributed by atoms with Crippen molar-refractivity contribution in [1.29, 1.82) is 0 Å². The highest BCUT2D eigenvalue weighted by molar-refractivity contribution is 6.29. The van der Waals surface area contributed by atoms with E-state index >= 15 is 0 Å². The highest BCUT2D eigenvalue weighted by Crippen LogP contribution is 2.29. The van der Waals surface area contributed by atoms with Crippen molar-refractivity contribution >= 4 is 11.6 Å². The summed E-state index contributed by atoms with van der Waals surface area (Å²) in [6.07, 6.45) is 1.12.